The summed E-state index contributed by atoms with van der Waals surface area (Å²) in [7, 11) is 0. The molecule has 0 aliphatic heterocycles. The highest BCUT2D eigenvalue weighted by molar-refractivity contribution is 5.19. The van der Waals surface area contributed by atoms with Crippen LogP contribution >= 0.6 is 0 Å². The highest BCUT2D eigenvalue weighted by Gasteiger charge is 2.08. The van der Waals surface area contributed by atoms with Crippen molar-refractivity contribution in [2.45, 2.75) is 38.6 Å². The molecule has 0 saturated heterocycles. The molecule has 1 rings (SSSR count). The first-order chi connectivity index (χ1) is 7.77. The van der Waals surface area contributed by atoms with Gasteiger partial charge < -0.3 is 5.32 Å². The predicted molar refractivity (Wildman–Crippen MR) is 67.2 cm³/mol. The van der Waals surface area contributed by atoms with Crippen molar-refractivity contribution >= 4 is 0 Å². The van der Waals surface area contributed by atoms with Crippen LogP contribution in [0.4, 0.5) is 0 Å². The van der Waals surface area contributed by atoms with E-state index in [1.54, 1.807) is 0 Å². The van der Waals surface area contributed by atoms with E-state index in [0.29, 0.717) is 18.4 Å². The third kappa shape index (κ3) is 4.04. The number of nitriles is 1. The van der Waals surface area contributed by atoms with Gasteiger partial charge in [-0.25, -0.2) is 0 Å². The van der Waals surface area contributed by atoms with E-state index in [-0.39, 0.29) is 0 Å². The summed E-state index contributed by atoms with van der Waals surface area (Å²) in [6.45, 7) is 5.26. The Morgan fingerprint density at radius 3 is 2.56 bits per heavy atom. The molecule has 1 aromatic rings. The first-order valence-electron chi connectivity index (χ1n) is 5.93. The maximum Gasteiger partial charge on any atom is 0.0638 e. The van der Waals surface area contributed by atoms with Crippen LogP contribution in [0.3, 0.4) is 0 Å². The Bertz CT molecular complexity index is 326. The molecule has 1 N–H and O–H groups in total. The monoisotopic (exact) mass is 216 g/mol. The summed E-state index contributed by atoms with van der Waals surface area (Å²) < 4.78 is 0. The third-order valence-electron chi connectivity index (χ3n) is 2.91. The van der Waals surface area contributed by atoms with Crippen LogP contribution in [-0.2, 0) is 0 Å². The first kappa shape index (κ1) is 12.7. The summed E-state index contributed by atoms with van der Waals surface area (Å²) in [5.41, 5.74) is 1.35. The van der Waals surface area contributed by atoms with Gasteiger partial charge in [0.25, 0.3) is 0 Å². The van der Waals surface area contributed by atoms with Crippen molar-refractivity contribution in [3.63, 3.8) is 0 Å². The lowest BCUT2D eigenvalue weighted by Gasteiger charge is -2.18. The van der Waals surface area contributed by atoms with Gasteiger partial charge in [0.05, 0.1) is 12.5 Å². The maximum absolute atomic E-state index is 8.66. The Morgan fingerprint density at radius 2 is 2.00 bits per heavy atom. The highest BCUT2D eigenvalue weighted by atomic mass is 14.9. The normalized spacial score (nSPS) is 14.1. The van der Waals surface area contributed by atoms with Gasteiger partial charge >= 0.3 is 0 Å². The fourth-order valence-corrected chi connectivity index (χ4v) is 1.71. The molecule has 2 unspecified atom stereocenters. The molecular weight excluding hydrogens is 196 g/mol. The molecular formula is C14H20N2. The van der Waals surface area contributed by atoms with Crippen molar-refractivity contribution in [3.05, 3.63) is 35.9 Å². The minimum absolute atomic E-state index is 0.330. The number of hydrogen-bond donors (Lipinski definition) is 1. The Labute approximate surface area is 98.3 Å². The van der Waals surface area contributed by atoms with Crippen LogP contribution in [0.5, 0.6) is 0 Å². The largest absolute Gasteiger partial charge is 0.312 e. The zero-order chi connectivity index (χ0) is 11.8. The Balaban J connectivity index is 2.41. The van der Waals surface area contributed by atoms with Crippen molar-refractivity contribution in [2.75, 3.05) is 6.54 Å². The van der Waals surface area contributed by atoms with Crippen LogP contribution in [0.15, 0.2) is 30.3 Å². The molecule has 2 atom stereocenters. The molecule has 0 aromatic heterocycles. The quantitative estimate of drug-likeness (QED) is 0.793. The Morgan fingerprint density at radius 1 is 1.31 bits per heavy atom. The molecule has 0 saturated carbocycles. The van der Waals surface area contributed by atoms with Crippen molar-refractivity contribution in [1.29, 1.82) is 5.26 Å². The van der Waals surface area contributed by atoms with Crippen LogP contribution in [-0.4, -0.2) is 12.6 Å². The number of nitrogens with one attached hydrogen (secondary N) is 1. The van der Waals surface area contributed by atoms with Crippen LogP contribution in [0.2, 0.25) is 0 Å². The third-order valence-corrected chi connectivity index (χ3v) is 2.91. The molecule has 1 aromatic carbocycles. The van der Waals surface area contributed by atoms with Crippen molar-refractivity contribution < 1.29 is 0 Å². The molecule has 0 fully saturated rings. The standard InChI is InChI=1S/C14H20N2/c1-3-14(9-10-15)16-11-12(2)13-7-5-4-6-8-13/h4-8,12,14,16H,3,9,11H2,1-2H3. The Hall–Kier alpha value is -1.33. The van der Waals surface area contributed by atoms with Crippen LogP contribution in [0.25, 0.3) is 0 Å². The second-order valence-corrected chi connectivity index (χ2v) is 4.19. The van der Waals surface area contributed by atoms with Gasteiger partial charge in [0.1, 0.15) is 0 Å². The first-order valence-corrected chi connectivity index (χ1v) is 5.93. The summed E-state index contributed by atoms with van der Waals surface area (Å²) in [4.78, 5) is 0. The zero-order valence-electron chi connectivity index (χ0n) is 10.1. The summed E-state index contributed by atoms with van der Waals surface area (Å²) in [6.07, 6.45) is 1.60. The predicted octanol–water partition coefficient (Wildman–Crippen LogP) is 3.07. The van der Waals surface area contributed by atoms with E-state index in [0.717, 1.165) is 13.0 Å². The van der Waals surface area contributed by atoms with E-state index in [1.807, 2.05) is 6.07 Å². The number of benzene rings is 1. The molecule has 0 spiro atoms. The van der Waals surface area contributed by atoms with Crippen LogP contribution in [0.1, 0.15) is 38.2 Å². The van der Waals surface area contributed by atoms with E-state index in [4.69, 9.17) is 5.26 Å². The van der Waals surface area contributed by atoms with Crippen molar-refractivity contribution in [1.82, 2.24) is 5.32 Å². The summed E-state index contributed by atoms with van der Waals surface area (Å²) >= 11 is 0. The van der Waals surface area contributed by atoms with E-state index in [9.17, 15) is 0 Å². The minimum Gasteiger partial charge on any atom is -0.312 e. The van der Waals surface area contributed by atoms with E-state index in [2.05, 4.69) is 49.5 Å². The second kappa shape index (κ2) is 7.03. The zero-order valence-corrected chi connectivity index (χ0v) is 10.1. The molecule has 86 valence electrons. The van der Waals surface area contributed by atoms with Crippen molar-refractivity contribution in [2.24, 2.45) is 0 Å². The molecule has 0 aliphatic carbocycles. The lowest BCUT2D eigenvalue weighted by Crippen LogP contribution is -2.31. The summed E-state index contributed by atoms with van der Waals surface area (Å²) in [5, 5.41) is 12.1. The van der Waals surface area contributed by atoms with Gasteiger partial charge in [0.15, 0.2) is 0 Å². The molecule has 0 radical (unpaired) electrons. The van der Waals surface area contributed by atoms with Gasteiger partial charge in [-0.15, -0.1) is 0 Å². The molecule has 2 heteroatoms. The molecule has 0 amide bonds. The fraction of sp³-hybridized carbons (Fsp3) is 0.500. The van der Waals surface area contributed by atoms with Gasteiger partial charge in [0, 0.05) is 12.6 Å². The topological polar surface area (TPSA) is 35.8 Å². The average molecular weight is 216 g/mol. The molecule has 2 nitrogen and oxygen atoms in total. The maximum atomic E-state index is 8.66. The SMILES string of the molecule is CCC(CC#N)NCC(C)c1ccccc1. The lowest BCUT2D eigenvalue weighted by molar-refractivity contribution is 0.484. The fourth-order valence-electron chi connectivity index (χ4n) is 1.71. The molecule has 0 bridgehead atoms. The average Bonchev–Trinajstić information content (AvgIpc) is 2.35. The minimum atomic E-state index is 0.330. The highest BCUT2D eigenvalue weighted by Crippen LogP contribution is 2.13. The summed E-state index contributed by atoms with van der Waals surface area (Å²) in [5.74, 6) is 0.494. The van der Waals surface area contributed by atoms with E-state index >= 15 is 0 Å². The van der Waals surface area contributed by atoms with Gasteiger partial charge in [-0.05, 0) is 17.9 Å². The van der Waals surface area contributed by atoms with Crippen LogP contribution in [0, 0.1) is 11.3 Å². The second-order valence-electron chi connectivity index (χ2n) is 4.19. The number of rotatable bonds is 6. The number of hydrogen-bond acceptors (Lipinski definition) is 2. The molecule has 0 aliphatic rings. The smallest absolute Gasteiger partial charge is 0.0638 e. The Kier molecular flexibility index (Phi) is 5.60. The van der Waals surface area contributed by atoms with Gasteiger partial charge in [0.2, 0.25) is 0 Å². The van der Waals surface area contributed by atoms with Gasteiger partial charge in [-0.3, -0.25) is 0 Å². The van der Waals surface area contributed by atoms with Gasteiger partial charge in [-0.1, -0.05) is 44.2 Å². The summed E-state index contributed by atoms with van der Waals surface area (Å²) in [6, 6.07) is 13.0. The lowest BCUT2D eigenvalue weighted by atomic mass is 10.0. The van der Waals surface area contributed by atoms with Gasteiger partial charge in [-0.2, -0.15) is 5.26 Å². The van der Waals surface area contributed by atoms with E-state index < -0.39 is 0 Å². The molecule has 16 heavy (non-hydrogen) atoms. The van der Waals surface area contributed by atoms with Crippen molar-refractivity contribution in [3.8, 4) is 6.07 Å². The molecule has 0 heterocycles. The number of nitrogens with zero attached hydrogens (tertiary/aromatic N) is 1. The van der Waals surface area contributed by atoms with E-state index in [1.165, 1.54) is 5.56 Å². The van der Waals surface area contributed by atoms with Crippen LogP contribution < -0.4 is 5.32 Å².